The van der Waals surface area contributed by atoms with Crippen LogP contribution in [0.4, 0.5) is 0 Å². The first-order valence-electron chi connectivity index (χ1n) is 13.1. The van der Waals surface area contributed by atoms with Crippen LogP contribution in [0.1, 0.15) is 54.2 Å². The number of aromatic nitrogens is 2. The Hall–Kier alpha value is -3.66. The van der Waals surface area contributed by atoms with Gasteiger partial charge < -0.3 is 5.73 Å². The van der Waals surface area contributed by atoms with Crippen LogP contribution in [0, 0.1) is 12.8 Å². The average molecular weight is 479 g/mol. The minimum Gasteiger partial charge on any atom is -0.369 e. The quantitative estimate of drug-likeness (QED) is 0.316. The maximum atomic E-state index is 13.4. The first kappa shape index (κ1) is 24.1. The summed E-state index contributed by atoms with van der Waals surface area (Å²) in [5, 5.41) is 0. The van der Waals surface area contributed by atoms with Crippen LogP contribution in [0.25, 0.3) is 0 Å². The van der Waals surface area contributed by atoms with Crippen molar-refractivity contribution < 1.29 is 9.36 Å². The fourth-order valence-electron chi connectivity index (χ4n) is 6.37. The van der Waals surface area contributed by atoms with Crippen LogP contribution < -0.4 is 10.3 Å². The normalized spacial score (nSPS) is 17.8. The molecule has 0 aliphatic heterocycles. The summed E-state index contributed by atoms with van der Waals surface area (Å²) >= 11 is 0. The molecule has 1 fully saturated rings. The summed E-state index contributed by atoms with van der Waals surface area (Å²) in [6, 6.07) is 31.3. The Bertz CT molecular complexity index is 1240. The molecule has 1 heterocycles. The molecule has 0 bridgehead atoms. The first-order chi connectivity index (χ1) is 17.6. The minimum atomic E-state index is -0.829. The minimum absolute atomic E-state index is 0.137. The number of benzene rings is 3. The molecule has 0 spiro atoms. The maximum absolute atomic E-state index is 13.4. The molecule has 0 saturated heterocycles. The van der Waals surface area contributed by atoms with E-state index in [-0.39, 0.29) is 11.8 Å². The summed E-state index contributed by atoms with van der Waals surface area (Å²) < 4.78 is 4.79. The molecule has 0 radical (unpaired) electrons. The molecular formula is C32H36N3O+. The Morgan fingerprint density at radius 3 is 2.08 bits per heavy atom. The highest BCUT2D eigenvalue weighted by atomic mass is 16.1. The van der Waals surface area contributed by atoms with E-state index in [1.54, 1.807) is 0 Å². The van der Waals surface area contributed by atoms with Crippen LogP contribution in [0.3, 0.4) is 0 Å². The summed E-state index contributed by atoms with van der Waals surface area (Å²) in [6.45, 7) is 3.22. The molecule has 3 aromatic carbocycles. The molecule has 4 nitrogen and oxygen atoms in total. The summed E-state index contributed by atoms with van der Waals surface area (Å²) in [5.41, 5.74) is 8.83. The van der Waals surface area contributed by atoms with Gasteiger partial charge in [-0.2, -0.15) is 0 Å². The Morgan fingerprint density at radius 2 is 1.50 bits per heavy atom. The molecule has 184 valence electrons. The highest BCUT2D eigenvalue weighted by Crippen LogP contribution is 2.49. The fourth-order valence-corrected chi connectivity index (χ4v) is 6.37. The molecule has 1 aromatic heterocycles. The molecule has 1 amide bonds. The monoisotopic (exact) mass is 478 g/mol. The van der Waals surface area contributed by atoms with Crippen LogP contribution in [-0.4, -0.2) is 10.5 Å². The second kappa shape index (κ2) is 10.5. The van der Waals surface area contributed by atoms with Gasteiger partial charge >= 0.3 is 0 Å². The lowest BCUT2D eigenvalue weighted by Gasteiger charge is -2.37. The molecule has 4 aromatic rings. The van der Waals surface area contributed by atoms with Gasteiger partial charge in [0.1, 0.15) is 23.9 Å². The van der Waals surface area contributed by atoms with Crippen molar-refractivity contribution >= 4 is 5.91 Å². The highest BCUT2D eigenvalue weighted by molar-refractivity contribution is 5.91. The summed E-state index contributed by atoms with van der Waals surface area (Å²) in [7, 11) is 0. The predicted molar refractivity (Wildman–Crippen MR) is 143 cm³/mol. The Morgan fingerprint density at radius 1 is 0.917 bits per heavy atom. The van der Waals surface area contributed by atoms with Gasteiger partial charge in [-0.05, 0) is 54.7 Å². The zero-order valence-electron chi connectivity index (χ0n) is 21.1. The third kappa shape index (κ3) is 4.48. The second-order valence-electron chi connectivity index (χ2n) is 10.1. The molecule has 1 saturated carbocycles. The van der Waals surface area contributed by atoms with Gasteiger partial charge in [0.15, 0.2) is 0 Å². The Kier molecular flexibility index (Phi) is 7.04. The smallest absolute Gasteiger partial charge is 0.253 e. The zero-order valence-corrected chi connectivity index (χ0v) is 21.1. The first-order valence-corrected chi connectivity index (χ1v) is 13.1. The molecule has 2 unspecified atom stereocenters. The average Bonchev–Trinajstić information content (AvgIpc) is 3.53. The van der Waals surface area contributed by atoms with Gasteiger partial charge in [0.25, 0.3) is 5.82 Å². The van der Waals surface area contributed by atoms with E-state index in [1.807, 2.05) is 36.4 Å². The van der Waals surface area contributed by atoms with Crippen LogP contribution in [0.2, 0.25) is 0 Å². The molecule has 1 aliphatic rings. The number of imidazole rings is 1. The standard InChI is InChI=1S/C32H35N3O/c1-25-34(21-11-14-26-12-5-2-6-13-26)22-23-35(25)30-20-19-29(24-30)32(31(33)36,27-15-7-3-8-16-27)28-17-9-4-10-18-28/h2-10,12-13,15-18,22-23,29-30H,11,14,19-21,24H2,1H3,(H-,33,36)/p+1. The number of carbonyl (C=O) groups is 1. The van der Waals surface area contributed by atoms with E-state index in [2.05, 4.69) is 83.0 Å². The molecule has 2 atom stereocenters. The third-order valence-corrected chi connectivity index (χ3v) is 8.16. The molecule has 4 heteroatoms. The third-order valence-electron chi connectivity index (χ3n) is 8.16. The molecule has 36 heavy (non-hydrogen) atoms. The second-order valence-corrected chi connectivity index (χ2v) is 10.1. The largest absolute Gasteiger partial charge is 0.369 e. The molecular weight excluding hydrogens is 442 g/mol. The van der Waals surface area contributed by atoms with E-state index in [1.165, 1.54) is 11.4 Å². The maximum Gasteiger partial charge on any atom is 0.253 e. The van der Waals surface area contributed by atoms with Gasteiger partial charge in [-0.25, -0.2) is 9.13 Å². The van der Waals surface area contributed by atoms with Crippen LogP contribution >= 0.6 is 0 Å². The van der Waals surface area contributed by atoms with Crippen molar-refractivity contribution in [3.05, 3.63) is 126 Å². The van der Waals surface area contributed by atoms with Gasteiger partial charge in [0.05, 0.1) is 6.54 Å². The molecule has 5 rings (SSSR count). The van der Waals surface area contributed by atoms with E-state index >= 15 is 0 Å². The Balaban J connectivity index is 1.38. The molecule has 2 N–H and O–H groups in total. The highest BCUT2D eigenvalue weighted by Gasteiger charge is 2.51. The van der Waals surface area contributed by atoms with Gasteiger partial charge in [0, 0.05) is 6.92 Å². The van der Waals surface area contributed by atoms with Gasteiger partial charge in [-0.1, -0.05) is 91.0 Å². The number of nitrogens with zero attached hydrogens (tertiary/aromatic N) is 2. The van der Waals surface area contributed by atoms with Gasteiger partial charge in [-0.15, -0.1) is 0 Å². The van der Waals surface area contributed by atoms with Crippen molar-refractivity contribution in [1.29, 1.82) is 0 Å². The number of hydrogen-bond donors (Lipinski definition) is 1. The van der Waals surface area contributed by atoms with E-state index in [4.69, 9.17) is 5.73 Å². The van der Waals surface area contributed by atoms with E-state index in [0.717, 1.165) is 49.8 Å². The van der Waals surface area contributed by atoms with Crippen LogP contribution in [0.5, 0.6) is 0 Å². The SMILES string of the molecule is Cc1n(C2CCC(C(C(N)=O)(c3ccccc3)c3ccccc3)C2)cc[n+]1CCCc1ccccc1. The lowest BCUT2D eigenvalue weighted by Crippen LogP contribution is -2.47. The van der Waals surface area contributed by atoms with E-state index in [9.17, 15) is 4.79 Å². The Labute approximate surface area is 214 Å². The molecule has 1 aliphatic carbocycles. The van der Waals surface area contributed by atoms with Crippen LogP contribution in [-0.2, 0) is 23.2 Å². The van der Waals surface area contributed by atoms with Gasteiger partial charge in [-0.3, -0.25) is 4.79 Å². The number of aryl methyl sites for hydroxylation is 2. The zero-order chi connectivity index (χ0) is 25.0. The van der Waals surface area contributed by atoms with Gasteiger partial charge in [0.2, 0.25) is 5.91 Å². The van der Waals surface area contributed by atoms with E-state index in [0.29, 0.717) is 6.04 Å². The van der Waals surface area contributed by atoms with Crippen molar-refractivity contribution in [1.82, 2.24) is 4.57 Å². The summed E-state index contributed by atoms with van der Waals surface area (Å²) in [6.07, 6.45) is 9.55. The van der Waals surface area contributed by atoms with Crippen molar-refractivity contribution in [2.24, 2.45) is 11.7 Å². The van der Waals surface area contributed by atoms with Crippen molar-refractivity contribution in [2.45, 2.75) is 57.0 Å². The number of amides is 1. The number of rotatable bonds is 9. The number of carbonyl (C=O) groups excluding carboxylic acids is 1. The van der Waals surface area contributed by atoms with Crippen molar-refractivity contribution in [2.75, 3.05) is 0 Å². The number of nitrogens with two attached hydrogens (primary N) is 1. The lowest BCUT2D eigenvalue weighted by molar-refractivity contribution is -0.702. The predicted octanol–water partition coefficient (Wildman–Crippen LogP) is 5.53. The van der Waals surface area contributed by atoms with Crippen molar-refractivity contribution in [3.63, 3.8) is 0 Å². The number of hydrogen-bond acceptors (Lipinski definition) is 1. The summed E-state index contributed by atoms with van der Waals surface area (Å²) in [4.78, 5) is 13.4. The van der Waals surface area contributed by atoms with Crippen molar-refractivity contribution in [3.8, 4) is 0 Å². The van der Waals surface area contributed by atoms with Crippen LogP contribution in [0.15, 0.2) is 103 Å². The van der Waals surface area contributed by atoms with E-state index < -0.39 is 5.41 Å². The lowest BCUT2D eigenvalue weighted by atomic mass is 9.64. The topological polar surface area (TPSA) is 51.9 Å². The fraction of sp³-hybridized carbons (Fsp3) is 0.312. The summed E-state index contributed by atoms with van der Waals surface area (Å²) in [5.74, 6) is 1.15. The number of primary amides is 1.